The highest BCUT2D eigenvalue weighted by atomic mass is 32.2. The first-order chi connectivity index (χ1) is 19.5. The summed E-state index contributed by atoms with van der Waals surface area (Å²) in [6.45, 7) is 10.4. The number of urea groups is 1. The van der Waals surface area contributed by atoms with Gasteiger partial charge in [0.2, 0.25) is 0 Å². The number of hydrogen-bond donors (Lipinski definition) is 1. The molecule has 42 heavy (non-hydrogen) atoms. The van der Waals surface area contributed by atoms with Gasteiger partial charge in [0.05, 0.1) is 12.1 Å². The zero-order chi connectivity index (χ0) is 31.3. The number of nitrogens with one attached hydrogen (secondary N) is 1. The minimum atomic E-state index is -4.75. The second-order valence-corrected chi connectivity index (χ2v) is 12.2. The predicted octanol–water partition coefficient (Wildman–Crippen LogP) is 6.97. The van der Waals surface area contributed by atoms with Crippen LogP contribution in [0.4, 0.5) is 28.0 Å². The van der Waals surface area contributed by atoms with E-state index in [1.54, 1.807) is 32.9 Å². The smallest absolute Gasteiger partial charge is 0.379 e. The fraction of sp³-hybridized carbons (Fsp3) is 0.367. The molecule has 0 aliphatic carbocycles. The third-order valence-corrected chi connectivity index (χ3v) is 7.48. The Balaban J connectivity index is 2.07. The molecule has 0 aliphatic rings. The van der Waals surface area contributed by atoms with Gasteiger partial charge < -0.3 is 19.3 Å². The second-order valence-electron chi connectivity index (χ2n) is 10.7. The minimum Gasteiger partial charge on any atom is -0.379 e. The number of nitrogens with zero attached hydrogens (tertiary/aromatic N) is 2. The Kier molecular flexibility index (Phi) is 10.1. The Hall–Kier alpha value is -3.80. The van der Waals surface area contributed by atoms with Gasteiger partial charge in [-0.05, 0) is 76.6 Å². The van der Waals surface area contributed by atoms with Crippen LogP contribution in [-0.4, -0.2) is 38.0 Å². The highest BCUT2D eigenvalue weighted by molar-refractivity contribution is 7.87. The molecule has 1 N–H and O–H groups in total. The normalized spacial score (nSPS) is 12.1. The molecule has 0 atom stereocenters. The molecule has 12 heteroatoms. The summed E-state index contributed by atoms with van der Waals surface area (Å²) in [5, 5.41) is 2.87. The number of alkyl halides is 3. The van der Waals surface area contributed by atoms with Crippen LogP contribution in [-0.2, 0) is 29.4 Å². The van der Waals surface area contributed by atoms with Gasteiger partial charge in [-0.15, -0.1) is 0 Å². The van der Waals surface area contributed by atoms with Crippen LogP contribution >= 0.6 is 0 Å². The Morgan fingerprint density at radius 2 is 1.55 bits per heavy atom. The molecule has 228 valence electrons. The lowest BCUT2D eigenvalue weighted by molar-refractivity contribution is -0.137. The van der Waals surface area contributed by atoms with Gasteiger partial charge in [-0.25, -0.2) is 9.18 Å². The maximum Gasteiger partial charge on any atom is 0.416 e. The molecule has 0 saturated heterocycles. The van der Waals surface area contributed by atoms with Crippen molar-refractivity contribution in [2.24, 2.45) is 0 Å². The van der Waals surface area contributed by atoms with E-state index >= 15 is 0 Å². The number of hydrogen-bond acceptors (Lipinski definition) is 5. The average molecular weight is 610 g/mol. The highest BCUT2D eigenvalue weighted by Crippen LogP contribution is 2.33. The fourth-order valence-electron chi connectivity index (χ4n) is 4.15. The van der Waals surface area contributed by atoms with Crippen LogP contribution in [0.15, 0.2) is 71.6 Å². The number of benzene rings is 3. The summed E-state index contributed by atoms with van der Waals surface area (Å²) in [6.07, 6.45) is -4.75. The lowest BCUT2D eigenvalue weighted by Crippen LogP contribution is -2.48. The molecule has 0 spiro atoms. The third-order valence-electron chi connectivity index (χ3n) is 6.25. The molecule has 0 bridgehead atoms. The van der Waals surface area contributed by atoms with Crippen LogP contribution in [0.5, 0.6) is 5.75 Å². The molecule has 3 aromatic carbocycles. The van der Waals surface area contributed by atoms with E-state index in [-0.39, 0.29) is 18.8 Å². The second kappa shape index (κ2) is 13.0. The van der Waals surface area contributed by atoms with Gasteiger partial charge in [0.25, 0.3) is 0 Å². The number of rotatable bonds is 10. The van der Waals surface area contributed by atoms with Crippen molar-refractivity contribution in [3.05, 3.63) is 89.2 Å². The SMILES string of the molecule is CCN(CC)c1ccc(CN(Cc2ccc(F)cc2)C(=O)NC(C)(C)C)c(OS(=O)(=O)c2cccc(C(F)(F)F)c2)c1. The molecule has 3 rings (SSSR count). The van der Waals surface area contributed by atoms with E-state index in [9.17, 15) is 30.8 Å². The van der Waals surface area contributed by atoms with Gasteiger partial charge in [0.1, 0.15) is 16.5 Å². The van der Waals surface area contributed by atoms with Crippen LogP contribution in [0.2, 0.25) is 0 Å². The first kappa shape index (κ1) is 32.7. The molecule has 2 amide bonds. The lowest BCUT2D eigenvalue weighted by atomic mass is 10.1. The molecule has 0 unspecified atom stereocenters. The molecule has 0 saturated carbocycles. The standard InChI is InChI=1S/C30H35F4N3O4S/c1-6-36(7-2)25-16-13-22(20-37(28(38)35-29(3,4)5)19-21-11-14-24(31)15-12-21)27(18-25)41-42(39,40)26-10-8-9-23(17-26)30(32,33)34/h8-18H,6-7,19-20H2,1-5H3,(H,35,38). The van der Waals surface area contributed by atoms with Crippen LogP contribution in [0, 0.1) is 5.82 Å². The molecule has 0 aromatic heterocycles. The molecule has 0 radical (unpaired) electrons. The molecule has 0 fully saturated rings. The molecule has 0 heterocycles. The van der Waals surface area contributed by atoms with Crippen molar-refractivity contribution in [3.8, 4) is 5.75 Å². The summed E-state index contributed by atoms with van der Waals surface area (Å²) in [4.78, 5) is 16.0. The molecule has 0 aliphatic heterocycles. The summed E-state index contributed by atoms with van der Waals surface area (Å²) in [7, 11) is -4.70. The molecule has 7 nitrogen and oxygen atoms in total. The van der Waals surface area contributed by atoms with Gasteiger partial charge in [0, 0.05) is 42.5 Å². The first-order valence-corrected chi connectivity index (χ1v) is 14.7. The maximum absolute atomic E-state index is 13.5. The lowest BCUT2D eigenvalue weighted by Gasteiger charge is -2.29. The van der Waals surface area contributed by atoms with Crippen molar-refractivity contribution in [1.82, 2.24) is 10.2 Å². The summed E-state index contributed by atoms with van der Waals surface area (Å²) in [5.74, 6) is -0.573. The van der Waals surface area contributed by atoms with Crippen LogP contribution in [0.1, 0.15) is 51.3 Å². The molecule has 3 aromatic rings. The number of carbonyl (C=O) groups excluding carboxylic acids is 1. The number of amides is 2. The number of carbonyl (C=O) groups is 1. The van der Waals surface area contributed by atoms with Crippen molar-refractivity contribution in [2.45, 2.75) is 64.3 Å². The van der Waals surface area contributed by atoms with E-state index in [1.165, 1.54) is 35.2 Å². The van der Waals surface area contributed by atoms with Crippen molar-refractivity contribution < 1.29 is 35.0 Å². The van der Waals surface area contributed by atoms with Gasteiger partial charge >= 0.3 is 22.3 Å². The van der Waals surface area contributed by atoms with E-state index < -0.39 is 44.1 Å². The Labute approximate surface area is 244 Å². The van der Waals surface area contributed by atoms with E-state index in [0.717, 1.165) is 18.2 Å². The van der Waals surface area contributed by atoms with Gasteiger partial charge in [0.15, 0.2) is 0 Å². The van der Waals surface area contributed by atoms with Crippen molar-refractivity contribution in [3.63, 3.8) is 0 Å². The van der Waals surface area contributed by atoms with Crippen molar-refractivity contribution in [1.29, 1.82) is 0 Å². The number of halogens is 4. The van der Waals surface area contributed by atoms with E-state index in [1.807, 2.05) is 18.7 Å². The van der Waals surface area contributed by atoms with Crippen LogP contribution in [0.25, 0.3) is 0 Å². The van der Waals surface area contributed by atoms with Crippen molar-refractivity contribution >= 4 is 21.8 Å². The molecular formula is C30H35F4N3O4S. The maximum atomic E-state index is 13.5. The summed E-state index contributed by atoms with van der Waals surface area (Å²) >= 11 is 0. The Morgan fingerprint density at radius 3 is 2.12 bits per heavy atom. The first-order valence-electron chi connectivity index (χ1n) is 13.3. The van der Waals surface area contributed by atoms with Gasteiger partial charge in [-0.1, -0.05) is 24.3 Å². The van der Waals surface area contributed by atoms with Crippen LogP contribution < -0.4 is 14.4 Å². The zero-order valence-corrected chi connectivity index (χ0v) is 24.9. The minimum absolute atomic E-state index is 0.0554. The average Bonchev–Trinajstić information content (AvgIpc) is 2.90. The summed E-state index contributed by atoms with van der Waals surface area (Å²) in [6, 6.07) is 13.3. The van der Waals surface area contributed by atoms with Gasteiger partial charge in [-0.2, -0.15) is 21.6 Å². The van der Waals surface area contributed by atoms with Gasteiger partial charge in [-0.3, -0.25) is 0 Å². The third kappa shape index (κ3) is 8.85. The zero-order valence-electron chi connectivity index (χ0n) is 24.1. The largest absolute Gasteiger partial charge is 0.416 e. The monoisotopic (exact) mass is 609 g/mol. The van der Waals surface area contributed by atoms with Crippen molar-refractivity contribution in [2.75, 3.05) is 18.0 Å². The van der Waals surface area contributed by atoms with E-state index in [2.05, 4.69) is 5.32 Å². The van der Waals surface area contributed by atoms with E-state index in [4.69, 9.17) is 4.18 Å². The topological polar surface area (TPSA) is 79.0 Å². The fourth-order valence-corrected chi connectivity index (χ4v) is 5.15. The summed E-state index contributed by atoms with van der Waals surface area (Å²) in [5.41, 5.74) is -0.181. The Morgan fingerprint density at radius 1 is 0.905 bits per heavy atom. The predicted molar refractivity (Wildman–Crippen MR) is 153 cm³/mol. The quantitative estimate of drug-likeness (QED) is 0.199. The Bertz CT molecular complexity index is 1480. The summed E-state index contributed by atoms with van der Waals surface area (Å²) < 4.78 is 85.4. The highest BCUT2D eigenvalue weighted by Gasteiger charge is 2.32. The number of anilines is 1. The van der Waals surface area contributed by atoms with Crippen LogP contribution in [0.3, 0.4) is 0 Å². The molecular weight excluding hydrogens is 574 g/mol. The van der Waals surface area contributed by atoms with E-state index in [0.29, 0.717) is 36.0 Å².